The van der Waals surface area contributed by atoms with Crippen molar-refractivity contribution in [3.63, 3.8) is 0 Å². The number of phenolic OH excluding ortho intramolecular Hbond substituents is 1. The van der Waals surface area contributed by atoms with Gasteiger partial charge in [-0.1, -0.05) is 48.5 Å². The van der Waals surface area contributed by atoms with Gasteiger partial charge in [-0.15, -0.1) is 0 Å². The van der Waals surface area contributed by atoms with Gasteiger partial charge < -0.3 is 19.8 Å². The first-order valence-electron chi connectivity index (χ1n) is 9.67. The van der Waals surface area contributed by atoms with Crippen molar-refractivity contribution in [2.45, 2.75) is 18.7 Å². The van der Waals surface area contributed by atoms with Gasteiger partial charge in [0.15, 0.2) is 0 Å². The Morgan fingerprint density at radius 3 is 2.35 bits per heavy atom. The summed E-state index contributed by atoms with van der Waals surface area (Å²) < 4.78 is 44.7. The summed E-state index contributed by atoms with van der Waals surface area (Å²) in [5.74, 6) is -1.49. The highest BCUT2D eigenvalue weighted by atomic mass is 19.4. The summed E-state index contributed by atoms with van der Waals surface area (Å²) >= 11 is 0. The van der Waals surface area contributed by atoms with E-state index in [4.69, 9.17) is 4.74 Å². The van der Waals surface area contributed by atoms with Crippen LogP contribution in [0, 0.1) is 0 Å². The number of carbonyl (C=O) groups is 1. The van der Waals surface area contributed by atoms with Crippen LogP contribution in [0.1, 0.15) is 5.56 Å². The van der Waals surface area contributed by atoms with Crippen LogP contribution in [0.5, 0.6) is 11.5 Å². The van der Waals surface area contributed by atoms with Crippen molar-refractivity contribution in [3.05, 3.63) is 72.3 Å². The smallest absolute Gasteiger partial charge is 0.471 e. The van der Waals surface area contributed by atoms with Crippen molar-refractivity contribution < 1.29 is 32.9 Å². The molecule has 3 rings (SSSR count). The van der Waals surface area contributed by atoms with E-state index >= 15 is 0 Å². The fourth-order valence-electron chi connectivity index (χ4n) is 3.30. The van der Waals surface area contributed by atoms with Gasteiger partial charge in [0, 0.05) is 11.9 Å². The minimum Gasteiger partial charge on any atom is -0.507 e. The summed E-state index contributed by atoms with van der Waals surface area (Å²) in [6.45, 7) is -1.04. The van der Waals surface area contributed by atoms with Gasteiger partial charge in [-0.2, -0.15) is 13.2 Å². The van der Waals surface area contributed by atoms with Crippen LogP contribution in [0.2, 0.25) is 0 Å². The molecule has 2 N–H and O–H groups in total. The third-order valence-electron chi connectivity index (χ3n) is 4.79. The molecule has 31 heavy (non-hydrogen) atoms. The average Bonchev–Trinajstić information content (AvgIpc) is 2.75. The Hall–Kier alpha value is -3.26. The minimum atomic E-state index is -5.06. The standard InChI is InChI=1S/C23H22F3NO4/c24-23(25,26)22(30)27(14-17(28)15-31-18-7-2-1-3-8-18)13-12-16-6-4-10-20-19(16)9-5-11-21(20)29/h1-11,17,28-29H,12-15H2. The molecule has 0 spiro atoms. The zero-order chi connectivity index (χ0) is 22.4. The van der Waals surface area contributed by atoms with Gasteiger partial charge in [0.1, 0.15) is 24.2 Å². The van der Waals surface area contributed by atoms with E-state index in [1.165, 1.54) is 6.07 Å². The van der Waals surface area contributed by atoms with E-state index in [1.54, 1.807) is 60.7 Å². The van der Waals surface area contributed by atoms with Crippen LogP contribution < -0.4 is 4.74 Å². The second-order valence-electron chi connectivity index (χ2n) is 7.07. The molecule has 0 bridgehead atoms. The second-order valence-corrected chi connectivity index (χ2v) is 7.07. The molecule has 0 radical (unpaired) electrons. The molecule has 1 atom stereocenters. The third kappa shape index (κ3) is 5.88. The predicted molar refractivity (Wildman–Crippen MR) is 110 cm³/mol. The Kier molecular flexibility index (Phi) is 7.02. The number of carbonyl (C=O) groups excluding carboxylic acids is 1. The molecule has 0 aliphatic rings. The lowest BCUT2D eigenvalue weighted by atomic mass is 10.0. The first-order valence-corrected chi connectivity index (χ1v) is 9.67. The molecule has 0 heterocycles. The first-order chi connectivity index (χ1) is 14.8. The summed E-state index contributed by atoms with van der Waals surface area (Å²) in [7, 11) is 0. The maximum atomic E-state index is 13.1. The largest absolute Gasteiger partial charge is 0.507 e. The number of hydrogen-bond donors (Lipinski definition) is 2. The van der Waals surface area contributed by atoms with Crippen LogP contribution in [0.25, 0.3) is 10.8 Å². The van der Waals surface area contributed by atoms with Gasteiger partial charge >= 0.3 is 12.1 Å². The van der Waals surface area contributed by atoms with Crippen LogP contribution in [0.15, 0.2) is 66.7 Å². The highest BCUT2D eigenvalue weighted by Gasteiger charge is 2.42. The SMILES string of the molecule is O=C(N(CCc1cccc2c(O)cccc12)CC(O)COc1ccccc1)C(F)(F)F. The monoisotopic (exact) mass is 433 g/mol. The van der Waals surface area contributed by atoms with Crippen molar-refractivity contribution in [2.24, 2.45) is 0 Å². The minimum absolute atomic E-state index is 0.0658. The van der Waals surface area contributed by atoms with E-state index < -0.39 is 24.7 Å². The van der Waals surface area contributed by atoms with Gasteiger partial charge in [-0.3, -0.25) is 4.79 Å². The number of phenols is 1. The van der Waals surface area contributed by atoms with E-state index in [-0.39, 0.29) is 25.3 Å². The number of hydrogen-bond acceptors (Lipinski definition) is 4. The summed E-state index contributed by atoms with van der Waals surface area (Å²) in [6, 6.07) is 18.6. The molecule has 0 fully saturated rings. The van der Waals surface area contributed by atoms with Crippen molar-refractivity contribution in [3.8, 4) is 11.5 Å². The summed E-state index contributed by atoms with van der Waals surface area (Å²) in [5.41, 5.74) is 0.684. The van der Waals surface area contributed by atoms with Gasteiger partial charge in [-0.25, -0.2) is 0 Å². The van der Waals surface area contributed by atoms with Gasteiger partial charge in [0.25, 0.3) is 0 Å². The zero-order valence-electron chi connectivity index (χ0n) is 16.5. The highest BCUT2D eigenvalue weighted by Crippen LogP contribution is 2.27. The van der Waals surface area contributed by atoms with Crippen LogP contribution in [0.4, 0.5) is 13.2 Å². The Morgan fingerprint density at radius 2 is 1.65 bits per heavy atom. The molecule has 0 saturated heterocycles. The lowest BCUT2D eigenvalue weighted by Crippen LogP contribution is -2.46. The number of alkyl halides is 3. The second kappa shape index (κ2) is 9.70. The van der Waals surface area contributed by atoms with E-state index in [1.807, 2.05) is 0 Å². The molecule has 0 aliphatic heterocycles. The van der Waals surface area contributed by atoms with Gasteiger partial charge in [0.05, 0.1) is 6.54 Å². The molecule has 8 heteroatoms. The van der Waals surface area contributed by atoms with Crippen molar-refractivity contribution in [1.29, 1.82) is 0 Å². The molecule has 164 valence electrons. The number of ether oxygens (including phenoxy) is 1. The molecular weight excluding hydrogens is 411 g/mol. The molecule has 5 nitrogen and oxygen atoms in total. The van der Waals surface area contributed by atoms with Crippen LogP contribution >= 0.6 is 0 Å². The van der Waals surface area contributed by atoms with Gasteiger partial charge in [0.2, 0.25) is 0 Å². The Balaban J connectivity index is 1.71. The maximum Gasteiger partial charge on any atom is 0.471 e. The highest BCUT2D eigenvalue weighted by molar-refractivity contribution is 5.90. The van der Waals surface area contributed by atoms with E-state index in [9.17, 15) is 28.2 Å². The lowest BCUT2D eigenvalue weighted by molar-refractivity contribution is -0.186. The Labute approximate surface area is 177 Å². The van der Waals surface area contributed by atoms with E-state index in [2.05, 4.69) is 0 Å². The quantitative estimate of drug-likeness (QED) is 0.565. The number of rotatable bonds is 8. The van der Waals surface area contributed by atoms with Crippen molar-refractivity contribution in [2.75, 3.05) is 19.7 Å². The lowest BCUT2D eigenvalue weighted by Gasteiger charge is -2.26. The Morgan fingerprint density at radius 1 is 0.968 bits per heavy atom. The number of aromatic hydroxyl groups is 1. The number of benzene rings is 3. The first kappa shape index (κ1) is 22.4. The van der Waals surface area contributed by atoms with E-state index in [0.717, 1.165) is 0 Å². The molecule has 1 unspecified atom stereocenters. The molecule has 3 aromatic rings. The molecule has 0 saturated carbocycles. The molecule has 1 amide bonds. The fraction of sp³-hybridized carbons (Fsp3) is 0.261. The molecule has 0 aromatic heterocycles. The number of aliphatic hydroxyl groups excluding tert-OH is 1. The summed E-state index contributed by atoms with van der Waals surface area (Å²) in [5, 5.41) is 21.4. The van der Waals surface area contributed by atoms with Gasteiger partial charge in [-0.05, 0) is 35.6 Å². The number of aliphatic hydroxyl groups is 1. The number of fused-ring (bicyclic) bond motifs is 1. The number of halogens is 3. The van der Waals surface area contributed by atoms with Crippen LogP contribution in [-0.4, -0.2) is 53.0 Å². The van der Waals surface area contributed by atoms with Crippen molar-refractivity contribution >= 4 is 16.7 Å². The Bertz CT molecular complexity index is 1020. The molecular formula is C23H22F3NO4. The molecule has 3 aromatic carbocycles. The van der Waals surface area contributed by atoms with Crippen LogP contribution in [-0.2, 0) is 11.2 Å². The van der Waals surface area contributed by atoms with Crippen LogP contribution in [0.3, 0.4) is 0 Å². The topological polar surface area (TPSA) is 70.0 Å². The summed E-state index contributed by atoms with van der Waals surface area (Å²) in [6.07, 6.45) is -6.24. The number of para-hydroxylation sites is 1. The fourth-order valence-corrected chi connectivity index (χ4v) is 3.30. The average molecular weight is 433 g/mol. The molecule has 0 aliphatic carbocycles. The normalized spacial score (nSPS) is 12.5. The zero-order valence-corrected chi connectivity index (χ0v) is 16.5. The van der Waals surface area contributed by atoms with E-state index in [0.29, 0.717) is 27.0 Å². The third-order valence-corrected chi connectivity index (χ3v) is 4.79. The predicted octanol–water partition coefficient (Wildman–Crippen LogP) is 3.92. The summed E-state index contributed by atoms with van der Waals surface area (Å²) in [4.78, 5) is 12.5. The number of nitrogens with zero attached hydrogens (tertiary/aromatic N) is 1. The number of amides is 1. The van der Waals surface area contributed by atoms with Crippen molar-refractivity contribution in [1.82, 2.24) is 4.90 Å². The maximum absolute atomic E-state index is 13.1.